The second-order valence-corrected chi connectivity index (χ2v) is 2.64. The van der Waals surface area contributed by atoms with Crippen molar-refractivity contribution >= 4 is 23.6 Å². The molecule has 1 unspecified atom stereocenters. The van der Waals surface area contributed by atoms with E-state index in [0.29, 0.717) is 0 Å². The van der Waals surface area contributed by atoms with Crippen molar-refractivity contribution in [1.29, 1.82) is 0 Å². The second-order valence-electron chi connectivity index (χ2n) is 2.30. The van der Waals surface area contributed by atoms with Gasteiger partial charge in [-0.1, -0.05) is 6.08 Å². The van der Waals surface area contributed by atoms with E-state index < -0.39 is 5.60 Å². The fourth-order valence-corrected chi connectivity index (χ4v) is 0.400. The Balaban J connectivity index is 4.06. The molecule has 0 saturated carbocycles. The fourth-order valence-electron chi connectivity index (χ4n) is 0.340. The molecule has 11 heavy (non-hydrogen) atoms. The van der Waals surface area contributed by atoms with Crippen molar-refractivity contribution in [1.82, 2.24) is 0 Å². The van der Waals surface area contributed by atoms with Crippen molar-refractivity contribution in [2.24, 2.45) is 9.98 Å². The molecule has 0 aliphatic rings. The molecule has 4 heteroatoms. The van der Waals surface area contributed by atoms with Crippen LogP contribution in [0.4, 0.5) is 0 Å². The monoisotopic (exact) mass is 174 g/mol. The van der Waals surface area contributed by atoms with Crippen LogP contribution in [-0.2, 0) is 0 Å². The first-order valence-corrected chi connectivity index (χ1v) is 3.42. The third-order valence-electron chi connectivity index (χ3n) is 1.10. The van der Waals surface area contributed by atoms with Gasteiger partial charge in [0.15, 0.2) is 0 Å². The minimum Gasteiger partial charge on any atom is -0.384 e. The molecule has 0 aliphatic carbocycles. The third kappa shape index (κ3) is 4.70. The van der Waals surface area contributed by atoms with Gasteiger partial charge in [-0.2, -0.15) is 0 Å². The zero-order valence-corrected chi connectivity index (χ0v) is 7.17. The van der Waals surface area contributed by atoms with Crippen LogP contribution in [0.25, 0.3) is 0 Å². The summed E-state index contributed by atoms with van der Waals surface area (Å²) >= 11 is 5.40. The Kier molecular flexibility index (Phi) is 4.00. The molecule has 0 aromatic rings. The van der Waals surface area contributed by atoms with Gasteiger partial charge in [-0.3, -0.25) is 4.99 Å². The highest BCUT2D eigenvalue weighted by Gasteiger charge is 2.13. The molecule has 62 valence electrons. The maximum atomic E-state index is 9.32. The highest BCUT2D eigenvalue weighted by Crippen LogP contribution is 2.04. The molecule has 0 amide bonds. The summed E-state index contributed by atoms with van der Waals surface area (Å²) in [4.78, 5) is 7.06. The zero-order chi connectivity index (χ0) is 8.91. The molecule has 0 aromatic carbocycles. The Morgan fingerprint density at radius 1 is 1.82 bits per heavy atom. The number of halogens is 1. The van der Waals surface area contributed by atoms with Crippen LogP contribution in [0.15, 0.2) is 22.6 Å². The fraction of sp³-hybridized carbons (Fsp3) is 0.429. The third-order valence-corrected chi connectivity index (χ3v) is 1.34. The van der Waals surface area contributed by atoms with Crippen molar-refractivity contribution in [3.8, 4) is 0 Å². The lowest BCUT2D eigenvalue weighted by Gasteiger charge is -2.14. The molecule has 0 saturated heterocycles. The van der Waals surface area contributed by atoms with Crippen LogP contribution in [0.1, 0.15) is 6.92 Å². The summed E-state index contributed by atoms with van der Waals surface area (Å²) in [6.07, 6.45) is 1.39. The summed E-state index contributed by atoms with van der Waals surface area (Å²) in [5.74, 6) is 0. The quantitative estimate of drug-likeness (QED) is 0.297. The SMILES string of the molecule is C=CC(C)(O)CN=C(Cl)N=C. The van der Waals surface area contributed by atoms with E-state index in [1.807, 2.05) is 0 Å². The molecular formula is C7H11ClN2O. The van der Waals surface area contributed by atoms with Gasteiger partial charge in [-0.05, 0) is 25.2 Å². The largest absolute Gasteiger partial charge is 0.384 e. The van der Waals surface area contributed by atoms with E-state index in [0.717, 1.165) is 0 Å². The summed E-state index contributed by atoms with van der Waals surface area (Å²) < 4.78 is 0. The number of rotatable bonds is 3. The number of hydrogen-bond acceptors (Lipinski definition) is 2. The highest BCUT2D eigenvalue weighted by atomic mass is 35.5. The minimum absolute atomic E-state index is 0.0483. The van der Waals surface area contributed by atoms with Gasteiger partial charge in [-0.15, -0.1) is 6.58 Å². The van der Waals surface area contributed by atoms with Gasteiger partial charge in [0.1, 0.15) is 0 Å². The predicted molar refractivity (Wildman–Crippen MR) is 48.5 cm³/mol. The van der Waals surface area contributed by atoms with E-state index in [9.17, 15) is 5.11 Å². The first-order valence-electron chi connectivity index (χ1n) is 3.04. The van der Waals surface area contributed by atoms with E-state index in [-0.39, 0.29) is 11.8 Å². The van der Waals surface area contributed by atoms with Gasteiger partial charge < -0.3 is 5.11 Å². The first-order chi connectivity index (χ1) is 5.02. The Bertz CT molecular complexity index is 187. The zero-order valence-electron chi connectivity index (χ0n) is 6.42. The van der Waals surface area contributed by atoms with Crippen molar-refractivity contribution in [2.75, 3.05) is 6.54 Å². The van der Waals surface area contributed by atoms with Crippen LogP contribution in [0, 0.1) is 0 Å². The highest BCUT2D eigenvalue weighted by molar-refractivity contribution is 6.65. The number of aliphatic imine (C=N–C) groups is 2. The van der Waals surface area contributed by atoms with Gasteiger partial charge in [-0.25, -0.2) is 4.99 Å². The average Bonchev–Trinajstić information content (AvgIpc) is 2.00. The van der Waals surface area contributed by atoms with Gasteiger partial charge in [0.2, 0.25) is 5.29 Å². The molecule has 1 N–H and O–H groups in total. The van der Waals surface area contributed by atoms with Gasteiger partial charge >= 0.3 is 0 Å². The normalized spacial score (nSPS) is 17.2. The predicted octanol–water partition coefficient (Wildman–Crippen LogP) is 1.22. The maximum absolute atomic E-state index is 9.32. The van der Waals surface area contributed by atoms with Crippen LogP contribution in [-0.4, -0.2) is 29.3 Å². The molecule has 0 heterocycles. The lowest BCUT2D eigenvalue weighted by Crippen LogP contribution is -2.24. The van der Waals surface area contributed by atoms with Crippen molar-refractivity contribution in [2.45, 2.75) is 12.5 Å². The summed E-state index contributed by atoms with van der Waals surface area (Å²) in [5.41, 5.74) is -1.02. The van der Waals surface area contributed by atoms with E-state index in [4.69, 9.17) is 11.6 Å². The molecule has 3 nitrogen and oxygen atoms in total. The number of aliphatic hydroxyl groups is 1. The smallest absolute Gasteiger partial charge is 0.217 e. The topological polar surface area (TPSA) is 45.0 Å². The van der Waals surface area contributed by atoms with E-state index in [1.54, 1.807) is 6.92 Å². The standard InChI is InChI=1S/C7H11ClN2O/c1-4-7(2,11)5-10-6(8)9-3/h4,11H,1,3,5H2,2H3. The van der Waals surface area contributed by atoms with Crippen LogP contribution >= 0.6 is 11.6 Å². The van der Waals surface area contributed by atoms with Crippen LogP contribution < -0.4 is 0 Å². The first kappa shape index (κ1) is 10.3. The summed E-state index contributed by atoms with van der Waals surface area (Å²) in [7, 11) is 0. The summed E-state index contributed by atoms with van der Waals surface area (Å²) in [6, 6.07) is 0. The van der Waals surface area contributed by atoms with Gasteiger partial charge in [0.25, 0.3) is 0 Å². The molecule has 0 rings (SSSR count). The number of nitrogens with zero attached hydrogens (tertiary/aromatic N) is 2. The van der Waals surface area contributed by atoms with Gasteiger partial charge in [0.05, 0.1) is 12.1 Å². The Labute approximate surface area is 71.1 Å². The van der Waals surface area contributed by atoms with Gasteiger partial charge in [0, 0.05) is 0 Å². The molecule has 0 aromatic heterocycles. The average molecular weight is 175 g/mol. The Hall–Kier alpha value is -0.670. The van der Waals surface area contributed by atoms with E-state index in [2.05, 4.69) is 23.3 Å². The molecule has 0 fully saturated rings. The van der Waals surface area contributed by atoms with Crippen molar-refractivity contribution in [3.05, 3.63) is 12.7 Å². The lowest BCUT2D eigenvalue weighted by molar-refractivity contribution is 0.122. The maximum Gasteiger partial charge on any atom is 0.217 e. The molecule has 0 bridgehead atoms. The number of hydrogen-bond donors (Lipinski definition) is 1. The van der Waals surface area contributed by atoms with Crippen molar-refractivity contribution in [3.63, 3.8) is 0 Å². The Morgan fingerprint density at radius 3 is 2.73 bits per heavy atom. The molecule has 0 aliphatic heterocycles. The minimum atomic E-state index is -1.02. The summed E-state index contributed by atoms with van der Waals surface area (Å²) in [5, 5.41) is 9.37. The van der Waals surface area contributed by atoms with E-state index in [1.165, 1.54) is 6.08 Å². The van der Waals surface area contributed by atoms with Crippen LogP contribution in [0.3, 0.4) is 0 Å². The molecule has 0 spiro atoms. The van der Waals surface area contributed by atoms with Crippen LogP contribution in [0.5, 0.6) is 0 Å². The molecule has 0 radical (unpaired) electrons. The van der Waals surface area contributed by atoms with E-state index >= 15 is 0 Å². The molecule has 1 atom stereocenters. The lowest BCUT2D eigenvalue weighted by atomic mass is 10.1. The Morgan fingerprint density at radius 2 is 2.36 bits per heavy atom. The van der Waals surface area contributed by atoms with Crippen molar-refractivity contribution < 1.29 is 5.11 Å². The summed E-state index contributed by atoms with van der Waals surface area (Å²) in [6.45, 7) is 8.32. The molecular weight excluding hydrogens is 164 g/mol. The number of amidine groups is 1. The second kappa shape index (κ2) is 4.26. The van der Waals surface area contributed by atoms with Crippen LogP contribution in [0.2, 0.25) is 0 Å².